The number of amides is 1. The first-order chi connectivity index (χ1) is 9.08. The van der Waals surface area contributed by atoms with Crippen LogP contribution in [0.5, 0.6) is 0 Å². The van der Waals surface area contributed by atoms with E-state index in [0.717, 1.165) is 19.5 Å². The van der Waals surface area contributed by atoms with Crippen molar-refractivity contribution >= 4 is 24.0 Å². The highest BCUT2D eigenvalue weighted by Gasteiger charge is 2.22. The first kappa shape index (κ1) is 16.4. The van der Waals surface area contributed by atoms with Crippen LogP contribution in [0.25, 0.3) is 0 Å². The van der Waals surface area contributed by atoms with Crippen molar-refractivity contribution in [3.8, 4) is 0 Å². The monoisotopic (exact) mass is 303 g/mol. The molecule has 9 heteroatoms. The van der Waals surface area contributed by atoms with Gasteiger partial charge in [-0.15, -0.1) is 12.4 Å². The molecule has 1 N–H and O–H groups in total. The highest BCUT2D eigenvalue weighted by molar-refractivity contribution is 5.85. The molecule has 112 valence electrons. The standard InChI is InChI=1S/C11H17N5O3.ClH/c1-14(9-2-4-12-6-9)11(17)3-5-15-8-10(7-13-15)16(18)19;/h7-9,12H,2-6H2,1H3;1H. The fraction of sp³-hybridized carbons (Fsp3) is 0.636. The molecule has 1 atom stereocenters. The average Bonchev–Trinajstić information content (AvgIpc) is 3.05. The first-order valence-electron chi connectivity index (χ1n) is 6.21. The van der Waals surface area contributed by atoms with Gasteiger partial charge >= 0.3 is 5.69 Å². The van der Waals surface area contributed by atoms with E-state index in [-0.39, 0.29) is 30.0 Å². The lowest BCUT2D eigenvalue weighted by Crippen LogP contribution is -2.38. The molecule has 1 aliphatic rings. The van der Waals surface area contributed by atoms with Crippen molar-refractivity contribution in [1.29, 1.82) is 0 Å². The van der Waals surface area contributed by atoms with Gasteiger partial charge in [-0.1, -0.05) is 0 Å². The third-order valence-corrected chi connectivity index (χ3v) is 3.36. The van der Waals surface area contributed by atoms with Gasteiger partial charge in [0, 0.05) is 32.6 Å². The van der Waals surface area contributed by atoms with Crippen LogP contribution >= 0.6 is 12.4 Å². The Morgan fingerprint density at radius 2 is 2.45 bits per heavy atom. The molecular formula is C11H18ClN5O3. The quantitative estimate of drug-likeness (QED) is 0.628. The zero-order chi connectivity index (χ0) is 13.8. The maximum absolute atomic E-state index is 12.0. The number of aromatic nitrogens is 2. The van der Waals surface area contributed by atoms with Crippen LogP contribution in [-0.2, 0) is 11.3 Å². The zero-order valence-corrected chi connectivity index (χ0v) is 12.0. The SMILES string of the molecule is CN(C(=O)CCn1cc([N+](=O)[O-])cn1)C1CCNC1.Cl. The Morgan fingerprint density at radius 1 is 1.70 bits per heavy atom. The number of rotatable bonds is 5. The number of nitrogens with one attached hydrogen (secondary N) is 1. The Hall–Kier alpha value is -1.67. The maximum atomic E-state index is 12.0. The van der Waals surface area contributed by atoms with Crippen molar-refractivity contribution in [3.63, 3.8) is 0 Å². The fourth-order valence-electron chi connectivity index (χ4n) is 2.13. The van der Waals surface area contributed by atoms with E-state index in [2.05, 4.69) is 10.4 Å². The summed E-state index contributed by atoms with van der Waals surface area (Å²) in [5, 5.41) is 17.6. The molecule has 1 aromatic rings. The minimum absolute atomic E-state index is 0. The summed E-state index contributed by atoms with van der Waals surface area (Å²) in [7, 11) is 1.80. The van der Waals surface area contributed by atoms with E-state index in [9.17, 15) is 14.9 Å². The molecule has 1 unspecified atom stereocenters. The van der Waals surface area contributed by atoms with E-state index in [1.807, 2.05) is 0 Å². The van der Waals surface area contributed by atoms with Gasteiger partial charge in [0.05, 0.1) is 4.92 Å². The summed E-state index contributed by atoms with van der Waals surface area (Å²) < 4.78 is 1.43. The summed E-state index contributed by atoms with van der Waals surface area (Å²) in [6.07, 6.45) is 3.79. The third kappa shape index (κ3) is 3.91. The van der Waals surface area contributed by atoms with Gasteiger partial charge in [-0.05, 0) is 13.0 Å². The van der Waals surface area contributed by atoms with Gasteiger partial charge in [0.2, 0.25) is 5.91 Å². The lowest BCUT2D eigenvalue weighted by molar-refractivity contribution is -0.385. The molecule has 0 spiro atoms. The minimum atomic E-state index is -0.498. The highest BCUT2D eigenvalue weighted by atomic mass is 35.5. The van der Waals surface area contributed by atoms with E-state index in [4.69, 9.17) is 0 Å². The smallest absolute Gasteiger partial charge is 0.306 e. The van der Waals surface area contributed by atoms with Gasteiger partial charge in [-0.2, -0.15) is 5.10 Å². The molecule has 2 rings (SSSR count). The Kier molecular flexibility index (Phi) is 5.90. The number of carbonyl (C=O) groups is 1. The van der Waals surface area contributed by atoms with Gasteiger partial charge < -0.3 is 10.2 Å². The van der Waals surface area contributed by atoms with Gasteiger partial charge in [0.1, 0.15) is 12.4 Å². The van der Waals surface area contributed by atoms with E-state index < -0.39 is 4.92 Å². The molecule has 1 aromatic heterocycles. The zero-order valence-electron chi connectivity index (χ0n) is 11.2. The maximum Gasteiger partial charge on any atom is 0.306 e. The van der Waals surface area contributed by atoms with Crippen molar-refractivity contribution in [2.24, 2.45) is 0 Å². The van der Waals surface area contributed by atoms with Crippen molar-refractivity contribution < 1.29 is 9.72 Å². The van der Waals surface area contributed by atoms with E-state index in [1.54, 1.807) is 11.9 Å². The largest absolute Gasteiger partial charge is 0.341 e. The summed E-state index contributed by atoms with van der Waals surface area (Å²) in [4.78, 5) is 23.7. The van der Waals surface area contributed by atoms with Crippen LogP contribution in [0.15, 0.2) is 12.4 Å². The summed E-state index contributed by atoms with van der Waals surface area (Å²) in [5.41, 5.74) is -0.0548. The van der Waals surface area contributed by atoms with Crippen LogP contribution in [-0.4, -0.2) is 51.7 Å². The molecule has 1 aliphatic heterocycles. The second-order valence-corrected chi connectivity index (χ2v) is 4.62. The van der Waals surface area contributed by atoms with Crippen LogP contribution in [0.2, 0.25) is 0 Å². The summed E-state index contributed by atoms with van der Waals surface area (Å²) in [6, 6.07) is 0.249. The number of hydrogen-bond donors (Lipinski definition) is 1. The van der Waals surface area contributed by atoms with E-state index in [0.29, 0.717) is 13.0 Å². The van der Waals surface area contributed by atoms with Crippen LogP contribution in [0, 0.1) is 10.1 Å². The van der Waals surface area contributed by atoms with Crippen LogP contribution < -0.4 is 5.32 Å². The Bertz CT molecular complexity index is 472. The van der Waals surface area contributed by atoms with E-state index in [1.165, 1.54) is 17.1 Å². The summed E-state index contributed by atoms with van der Waals surface area (Å²) >= 11 is 0. The highest BCUT2D eigenvalue weighted by Crippen LogP contribution is 2.10. The Balaban J connectivity index is 0.00000200. The molecule has 1 fully saturated rings. The summed E-state index contributed by atoms with van der Waals surface area (Å²) in [6.45, 7) is 2.13. The molecule has 0 saturated carbocycles. The Morgan fingerprint density at radius 3 is 3.00 bits per heavy atom. The van der Waals surface area contributed by atoms with Gasteiger partial charge in [0.25, 0.3) is 0 Å². The lowest BCUT2D eigenvalue weighted by Gasteiger charge is -2.23. The van der Waals surface area contributed by atoms with Crippen LogP contribution in [0.1, 0.15) is 12.8 Å². The topological polar surface area (TPSA) is 93.3 Å². The number of aryl methyl sites for hydroxylation is 1. The predicted octanol–water partition coefficient (Wildman–Crippen LogP) is 0.423. The van der Waals surface area contributed by atoms with E-state index >= 15 is 0 Å². The number of hydrogen-bond acceptors (Lipinski definition) is 5. The normalized spacial score (nSPS) is 17.6. The molecule has 0 aromatic carbocycles. The Labute approximate surface area is 122 Å². The second-order valence-electron chi connectivity index (χ2n) is 4.62. The molecule has 0 bridgehead atoms. The predicted molar refractivity (Wildman–Crippen MR) is 74.8 cm³/mol. The number of carbonyl (C=O) groups excluding carboxylic acids is 1. The second kappa shape index (κ2) is 7.20. The molecule has 2 heterocycles. The molecule has 1 saturated heterocycles. The number of likely N-dealkylation sites (N-methyl/N-ethyl adjacent to an activating group) is 1. The minimum Gasteiger partial charge on any atom is -0.341 e. The van der Waals surface area contributed by atoms with Crippen molar-refractivity contribution in [3.05, 3.63) is 22.5 Å². The van der Waals surface area contributed by atoms with Crippen LogP contribution in [0.4, 0.5) is 5.69 Å². The number of halogens is 1. The molecular weight excluding hydrogens is 286 g/mol. The van der Waals surface area contributed by atoms with Gasteiger partial charge in [0.15, 0.2) is 0 Å². The molecule has 0 aliphatic carbocycles. The molecule has 8 nitrogen and oxygen atoms in total. The average molecular weight is 304 g/mol. The van der Waals surface area contributed by atoms with Crippen molar-refractivity contribution in [2.45, 2.75) is 25.4 Å². The van der Waals surface area contributed by atoms with Gasteiger partial charge in [-0.3, -0.25) is 19.6 Å². The van der Waals surface area contributed by atoms with Crippen LogP contribution in [0.3, 0.4) is 0 Å². The third-order valence-electron chi connectivity index (χ3n) is 3.36. The molecule has 0 radical (unpaired) electrons. The fourth-order valence-corrected chi connectivity index (χ4v) is 2.13. The van der Waals surface area contributed by atoms with Gasteiger partial charge in [-0.25, -0.2) is 0 Å². The molecule has 1 amide bonds. The summed E-state index contributed by atoms with van der Waals surface area (Å²) in [5.74, 6) is 0.0341. The number of nitro groups is 1. The lowest BCUT2D eigenvalue weighted by atomic mass is 10.2. The number of nitrogens with zero attached hydrogens (tertiary/aromatic N) is 4. The van der Waals surface area contributed by atoms with Crippen molar-refractivity contribution in [2.75, 3.05) is 20.1 Å². The molecule has 20 heavy (non-hydrogen) atoms. The van der Waals surface area contributed by atoms with Crippen molar-refractivity contribution in [1.82, 2.24) is 20.0 Å². The first-order valence-corrected chi connectivity index (χ1v) is 6.21.